The van der Waals surface area contributed by atoms with E-state index in [1.54, 1.807) is 36.4 Å². The summed E-state index contributed by atoms with van der Waals surface area (Å²) in [4.78, 5) is 4.50. The number of rotatable bonds is 4. The van der Waals surface area contributed by atoms with E-state index >= 15 is 0 Å². The van der Waals surface area contributed by atoms with Gasteiger partial charge in [-0.05, 0) is 49.2 Å². The zero-order valence-corrected chi connectivity index (χ0v) is 17.4. The molecule has 0 aliphatic carbocycles. The monoisotopic (exact) mass is 470 g/mol. The lowest BCUT2D eigenvalue weighted by Crippen LogP contribution is -2.41. The molecule has 0 spiro atoms. The molecule has 142 valence electrons. The first-order valence-electron chi connectivity index (χ1n) is 8.41. The fourth-order valence-corrected chi connectivity index (χ4v) is 5.66. The Hall–Kier alpha value is -1.55. The van der Waals surface area contributed by atoms with E-state index in [9.17, 15) is 12.8 Å². The van der Waals surface area contributed by atoms with Crippen molar-refractivity contribution in [3.05, 3.63) is 52.8 Å². The SMILES string of the molecule is O=S(=O)(c1ccc(Br)cc1)N1CCC(Oc2nc3c(F)cccc3s2)CC1. The van der Waals surface area contributed by atoms with E-state index in [-0.39, 0.29) is 16.8 Å². The Morgan fingerprint density at radius 3 is 2.52 bits per heavy atom. The largest absolute Gasteiger partial charge is 0.467 e. The summed E-state index contributed by atoms with van der Waals surface area (Å²) < 4.78 is 48.2. The summed E-state index contributed by atoms with van der Waals surface area (Å²) >= 11 is 4.61. The third-order valence-electron chi connectivity index (χ3n) is 4.47. The van der Waals surface area contributed by atoms with Crippen LogP contribution in [0.2, 0.25) is 0 Å². The van der Waals surface area contributed by atoms with Crippen molar-refractivity contribution in [2.24, 2.45) is 0 Å². The van der Waals surface area contributed by atoms with Crippen LogP contribution in [-0.2, 0) is 10.0 Å². The van der Waals surface area contributed by atoms with E-state index in [4.69, 9.17) is 4.74 Å². The lowest BCUT2D eigenvalue weighted by atomic mass is 10.1. The minimum atomic E-state index is -3.51. The summed E-state index contributed by atoms with van der Waals surface area (Å²) in [6.07, 6.45) is 0.993. The number of aromatic nitrogens is 1. The van der Waals surface area contributed by atoms with Crippen LogP contribution in [0.5, 0.6) is 5.19 Å². The van der Waals surface area contributed by atoms with Crippen LogP contribution >= 0.6 is 27.3 Å². The van der Waals surface area contributed by atoms with Crippen molar-refractivity contribution in [1.82, 2.24) is 9.29 Å². The molecule has 0 atom stereocenters. The van der Waals surface area contributed by atoms with Crippen LogP contribution < -0.4 is 4.74 Å². The number of ether oxygens (including phenoxy) is 1. The molecule has 2 aromatic carbocycles. The Kier molecular flexibility index (Phi) is 5.19. The van der Waals surface area contributed by atoms with Gasteiger partial charge in [-0.1, -0.05) is 33.3 Å². The molecule has 0 N–H and O–H groups in total. The van der Waals surface area contributed by atoms with Crippen LogP contribution in [-0.4, -0.2) is 36.9 Å². The first-order valence-corrected chi connectivity index (χ1v) is 11.5. The number of hydrogen-bond acceptors (Lipinski definition) is 5. The highest BCUT2D eigenvalue weighted by atomic mass is 79.9. The number of fused-ring (bicyclic) bond motifs is 1. The summed E-state index contributed by atoms with van der Waals surface area (Å²) in [6.45, 7) is 0.755. The third kappa shape index (κ3) is 3.87. The van der Waals surface area contributed by atoms with Gasteiger partial charge < -0.3 is 4.74 Å². The molecular formula is C18H16BrFN2O3S2. The van der Waals surface area contributed by atoms with E-state index < -0.39 is 10.0 Å². The highest BCUT2D eigenvalue weighted by molar-refractivity contribution is 9.10. The molecule has 0 unspecified atom stereocenters. The maximum Gasteiger partial charge on any atom is 0.274 e. The minimum Gasteiger partial charge on any atom is -0.467 e. The summed E-state index contributed by atoms with van der Waals surface area (Å²) in [6, 6.07) is 11.4. The van der Waals surface area contributed by atoms with Gasteiger partial charge in [-0.2, -0.15) is 9.29 Å². The molecule has 1 fully saturated rings. The number of sulfonamides is 1. The lowest BCUT2D eigenvalue weighted by molar-refractivity contribution is 0.135. The topological polar surface area (TPSA) is 59.5 Å². The van der Waals surface area contributed by atoms with Crippen LogP contribution in [0, 0.1) is 5.82 Å². The second kappa shape index (κ2) is 7.46. The molecule has 0 saturated carbocycles. The first kappa shape index (κ1) is 18.8. The lowest BCUT2D eigenvalue weighted by Gasteiger charge is -2.30. The Labute approximate surface area is 169 Å². The van der Waals surface area contributed by atoms with Gasteiger partial charge in [-0.15, -0.1) is 0 Å². The molecule has 27 heavy (non-hydrogen) atoms. The van der Waals surface area contributed by atoms with Crippen LogP contribution in [0.4, 0.5) is 4.39 Å². The average molecular weight is 471 g/mol. The van der Waals surface area contributed by atoms with E-state index in [0.29, 0.717) is 36.6 Å². The summed E-state index contributed by atoms with van der Waals surface area (Å²) in [7, 11) is -3.51. The van der Waals surface area contributed by atoms with Crippen molar-refractivity contribution >= 4 is 47.5 Å². The molecule has 5 nitrogen and oxygen atoms in total. The van der Waals surface area contributed by atoms with Crippen molar-refractivity contribution in [2.75, 3.05) is 13.1 Å². The Bertz CT molecular complexity index is 1060. The molecule has 1 aliphatic rings. The normalized spacial score (nSPS) is 16.7. The number of thiazole rings is 1. The minimum absolute atomic E-state index is 0.134. The standard InChI is InChI=1S/C18H16BrFN2O3S2/c19-12-4-6-14(7-5-12)27(23,24)22-10-8-13(9-11-22)25-18-21-17-15(20)2-1-3-16(17)26-18/h1-7,13H,8-11H2. The van der Waals surface area contributed by atoms with Crippen LogP contribution in [0.15, 0.2) is 51.8 Å². The molecule has 0 bridgehead atoms. The van der Waals surface area contributed by atoms with Crippen molar-refractivity contribution in [3.8, 4) is 5.19 Å². The van der Waals surface area contributed by atoms with Gasteiger partial charge in [0.25, 0.3) is 5.19 Å². The molecule has 4 rings (SSSR count). The molecular weight excluding hydrogens is 455 g/mol. The zero-order chi connectivity index (χ0) is 19.0. The van der Waals surface area contributed by atoms with E-state index in [1.165, 1.54) is 21.7 Å². The molecule has 0 radical (unpaired) electrons. The molecule has 1 aromatic heterocycles. The van der Waals surface area contributed by atoms with Crippen molar-refractivity contribution < 1.29 is 17.5 Å². The molecule has 9 heteroatoms. The van der Waals surface area contributed by atoms with E-state index in [0.717, 1.165) is 9.17 Å². The Morgan fingerprint density at radius 1 is 1.15 bits per heavy atom. The van der Waals surface area contributed by atoms with Gasteiger partial charge in [-0.3, -0.25) is 0 Å². The molecule has 1 aliphatic heterocycles. The number of hydrogen-bond donors (Lipinski definition) is 0. The Morgan fingerprint density at radius 2 is 1.85 bits per heavy atom. The van der Waals surface area contributed by atoms with Crippen molar-refractivity contribution in [1.29, 1.82) is 0 Å². The molecule has 3 aromatic rings. The number of nitrogens with zero attached hydrogens (tertiary/aromatic N) is 2. The highest BCUT2D eigenvalue weighted by Gasteiger charge is 2.30. The van der Waals surface area contributed by atoms with Gasteiger partial charge >= 0.3 is 0 Å². The third-order valence-corrected chi connectivity index (χ3v) is 7.82. The Balaban J connectivity index is 1.42. The second-order valence-electron chi connectivity index (χ2n) is 6.24. The van der Waals surface area contributed by atoms with Gasteiger partial charge in [0.15, 0.2) is 0 Å². The van der Waals surface area contributed by atoms with Crippen molar-refractivity contribution in [2.45, 2.75) is 23.8 Å². The second-order valence-corrected chi connectivity index (χ2v) is 10.1. The fourth-order valence-electron chi connectivity index (χ4n) is 3.03. The van der Waals surface area contributed by atoms with Crippen LogP contribution in [0.25, 0.3) is 10.2 Å². The first-order chi connectivity index (χ1) is 12.9. The predicted octanol–water partition coefficient (Wildman–Crippen LogP) is 4.43. The van der Waals surface area contributed by atoms with E-state index in [1.807, 2.05) is 0 Å². The van der Waals surface area contributed by atoms with Crippen molar-refractivity contribution in [3.63, 3.8) is 0 Å². The van der Waals surface area contributed by atoms with Gasteiger partial charge in [0.05, 0.1) is 9.60 Å². The summed E-state index contributed by atoms with van der Waals surface area (Å²) in [5, 5.41) is 0.421. The number of benzene rings is 2. The van der Waals surface area contributed by atoms with Gasteiger partial charge in [0.1, 0.15) is 17.4 Å². The highest BCUT2D eigenvalue weighted by Crippen LogP contribution is 2.31. The zero-order valence-electron chi connectivity index (χ0n) is 14.1. The number of piperidine rings is 1. The molecule has 0 amide bonds. The predicted molar refractivity (Wildman–Crippen MR) is 106 cm³/mol. The molecule has 2 heterocycles. The maximum atomic E-state index is 13.8. The average Bonchev–Trinajstić information content (AvgIpc) is 3.06. The number of para-hydroxylation sites is 1. The van der Waals surface area contributed by atoms with E-state index in [2.05, 4.69) is 20.9 Å². The quantitative estimate of drug-likeness (QED) is 0.565. The number of halogens is 2. The summed E-state index contributed by atoms with van der Waals surface area (Å²) in [5.41, 5.74) is 0.313. The smallest absolute Gasteiger partial charge is 0.274 e. The van der Waals surface area contributed by atoms with Gasteiger partial charge in [0, 0.05) is 17.6 Å². The maximum absolute atomic E-state index is 13.8. The summed E-state index contributed by atoms with van der Waals surface area (Å²) in [5.74, 6) is -0.367. The van der Waals surface area contributed by atoms with Crippen LogP contribution in [0.3, 0.4) is 0 Å². The molecule has 1 saturated heterocycles. The fraction of sp³-hybridized carbons (Fsp3) is 0.278. The van der Waals surface area contributed by atoms with Crippen LogP contribution in [0.1, 0.15) is 12.8 Å². The van der Waals surface area contributed by atoms with Gasteiger partial charge in [0.2, 0.25) is 10.0 Å². The van der Waals surface area contributed by atoms with Gasteiger partial charge in [-0.25, -0.2) is 12.8 Å².